The summed E-state index contributed by atoms with van der Waals surface area (Å²) >= 11 is 0. The number of piperidine rings is 1. The van der Waals surface area contributed by atoms with Crippen molar-refractivity contribution >= 4 is 27.5 Å². The summed E-state index contributed by atoms with van der Waals surface area (Å²) < 4.78 is 38.0. The smallest absolute Gasteiger partial charge is 0.319 e. The highest BCUT2D eigenvalue weighted by molar-refractivity contribution is 6.02. The van der Waals surface area contributed by atoms with Gasteiger partial charge in [0.25, 0.3) is 0 Å². The Hall–Kier alpha value is -4.13. The molecule has 44 heavy (non-hydrogen) atoms. The average molecular weight is 593 g/mol. The van der Waals surface area contributed by atoms with Crippen LogP contribution in [-0.4, -0.2) is 70.3 Å². The standard InChI is InChI=1S/C35H34F2N6O/c1-3-25-28(36)12-9-22-7-6-8-26(29(22)25)31-30(37)32-27(16-38-31)33(42-18-23-10-11-24(19-42)39-23)41-34(40-32)44-20-35-13-4-5-14-43(35)17-21(2)15-35/h1,6-9,12,16,23-24,39H,2,4-5,10-11,13-15,17-20H2/t23-,24+,35?. The zero-order valence-electron chi connectivity index (χ0n) is 24.6. The van der Waals surface area contributed by atoms with Crippen LogP contribution in [0.3, 0.4) is 0 Å². The van der Waals surface area contributed by atoms with Gasteiger partial charge in [-0.3, -0.25) is 9.88 Å². The third-order valence-corrected chi connectivity index (χ3v) is 10.0. The van der Waals surface area contributed by atoms with Gasteiger partial charge in [-0.1, -0.05) is 48.8 Å². The summed E-state index contributed by atoms with van der Waals surface area (Å²) in [7, 11) is 0. The van der Waals surface area contributed by atoms with Crippen molar-refractivity contribution in [2.75, 3.05) is 37.7 Å². The van der Waals surface area contributed by atoms with Gasteiger partial charge in [-0.25, -0.2) is 8.78 Å². The number of benzene rings is 2. The molecular weight excluding hydrogens is 558 g/mol. The summed E-state index contributed by atoms with van der Waals surface area (Å²) in [6, 6.07) is 9.18. The van der Waals surface area contributed by atoms with Crippen LogP contribution < -0.4 is 15.0 Å². The Labute approximate surface area is 255 Å². The maximum atomic E-state index is 16.8. The molecule has 1 N–H and O–H groups in total. The summed E-state index contributed by atoms with van der Waals surface area (Å²) in [4.78, 5) is 18.9. The van der Waals surface area contributed by atoms with E-state index in [1.165, 1.54) is 11.6 Å². The van der Waals surface area contributed by atoms with Crippen LogP contribution in [0.2, 0.25) is 0 Å². The molecule has 7 nitrogen and oxygen atoms in total. The minimum atomic E-state index is -0.611. The van der Waals surface area contributed by atoms with Crippen molar-refractivity contribution in [3.8, 4) is 29.6 Å². The minimum Gasteiger partial charge on any atom is -0.461 e. The van der Waals surface area contributed by atoms with E-state index < -0.39 is 11.6 Å². The Morgan fingerprint density at radius 3 is 2.77 bits per heavy atom. The molecule has 0 saturated carbocycles. The molecule has 4 aliphatic heterocycles. The molecule has 3 atom stereocenters. The van der Waals surface area contributed by atoms with Gasteiger partial charge in [0.1, 0.15) is 29.5 Å². The van der Waals surface area contributed by atoms with Crippen molar-refractivity contribution < 1.29 is 13.5 Å². The van der Waals surface area contributed by atoms with Crippen molar-refractivity contribution in [2.45, 2.75) is 56.1 Å². The third kappa shape index (κ3) is 4.42. The van der Waals surface area contributed by atoms with Gasteiger partial charge in [0.05, 0.1) is 16.5 Å². The summed E-state index contributed by atoms with van der Waals surface area (Å²) in [5, 5.41) is 5.33. The molecule has 8 rings (SSSR count). The summed E-state index contributed by atoms with van der Waals surface area (Å²) in [6.45, 7) is 8.11. The van der Waals surface area contributed by atoms with E-state index in [0.29, 0.717) is 46.2 Å². The fourth-order valence-electron chi connectivity index (χ4n) is 7.98. The van der Waals surface area contributed by atoms with Crippen molar-refractivity contribution in [2.24, 2.45) is 0 Å². The molecule has 224 valence electrons. The van der Waals surface area contributed by atoms with E-state index in [9.17, 15) is 4.39 Å². The number of halogens is 2. The van der Waals surface area contributed by atoms with Crippen LogP contribution in [0, 0.1) is 24.0 Å². The molecule has 0 amide bonds. The monoisotopic (exact) mass is 592 g/mol. The third-order valence-electron chi connectivity index (χ3n) is 10.0. The molecule has 2 aromatic heterocycles. The molecule has 0 spiro atoms. The number of pyridine rings is 1. The number of piperazine rings is 1. The topological polar surface area (TPSA) is 66.4 Å². The van der Waals surface area contributed by atoms with E-state index >= 15 is 4.39 Å². The molecular formula is C35H34F2N6O. The van der Waals surface area contributed by atoms with Crippen molar-refractivity contribution in [1.82, 2.24) is 25.2 Å². The number of nitrogens with one attached hydrogen (secondary N) is 1. The van der Waals surface area contributed by atoms with Gasteiger partial charge < -0.3 is 15.0 Å². The van der Waals surface area contributed by atoms with Crippen molar-refractivity contribution in [3.63, 3.8) is 0 Å². The second kappa shape index (κ2) is 10.5. The summed E-state index contributed by atoms with van der Waals surface area (Å²) in [5.41, 5.74) is 1.76. The van der Waals surface area contributed by atoms with Crippen LogP contribution in [0.4, 0.5) is 14.6 Å². The molecule has 9 heteroatoms. The first kappa shape index (κ1) is 27.4. The van der Waals surface area contributed by atoms with Gasteiger partial charge in [0, 0.05) is 48.9 Å². The van der Waals surface area contributed by atoms with Gasteiger partial charge in [0.2, 0.25) is 0 Å². The molecule has 4 saturated heterocycles. The zero-order chi connectivity index (χ0) is 30.0. The predicted molar refractivity (Wildman–Crippen MR) is 168 cm³/mol. The van der Waals surface area contributed by atoms with E-state index in [0.717, 1.165) is 64.7 Å². The molecule has 0 aliphatic carbocycles. The van der Waals surface area contributed by atoms with E-state index in [4.69, 9.17) is 16.1 Å². The largest absolute Gasteiger partial charge is 0.461 e. The molecule has 0 radical (unpaired) electrons. The predicted octanol–water partition coefficient (Wildman–Crippen LogP) is 5.61. The Morgan fingerprint density at radius 2 is 1.95 bits per heavy atom. The lowest BCUT2D eigenvalue weighted by molar-refractivity contribution is 0.0388. The number of terminal acetylenes is 1. The van der Waals surface area contributed by atoms with Gasteiger partial charge in [-0.05, 0) is 50.1 Å². The van der Waals surface area contributed by atoms with Crippen LogP contribution >= 0.6 is 0 Å². The quantitative estimate of drug-likeness (QED) is 0.239. The maximum Gasteiger partial charge on any atom is 0.319 e. The lowest BCUT2D eigenvalue weighted by Gasteiger charge is -2.41. The normalized spacial score (nSPS) is 25.0. The highest BCUT2D eigenvalue weighted by Gasteiger charge is 2.45. The first-order valence-corrected chi connectivity index (χ1v) is 15.5. The lowest BCUT2D eigenvalue weighted by Crippen LogP contribution is -2.52. The first-order chi connectivity index (χ1) is 21.4. The highest BCUT2D eigenvalue weighted by Crippen LogP contribution is 2.41. The Kier molecular flexibility index (Phi) is 6.54. The number of ether oxygens (including phenoxy) is 1. The average Bonchev–Trinajstić information content (AvgIpc) is 3.56. The molecule has 4 fully saturated rings. The molecule has 4 aromatic rings. The van der Waals surface area contributed by atoms with Crippen LogP contribution in [0.1, 0.15) is 44.1 Å². The summed E-state index contributed by atoms with van der Waals surface area (Å²) in [6.07, 6.45) is 13.7. The van der Waals surface area contributed by atoms with Gasteiger partial charge in [0.15, 0.2) is 5.82 Å². The Bertz CT molecular complexity index is 1860. The van der Waals surface area contributed by atoms with Gasteiger partial charge >= 0.3 is 6.01 Å². The van der Waals surface area contributed by atoms with Crippen LogP contribution in [0.5, 0.6) is 6.01 Å². The Morgan fingerprint density at radius 1 is 1.11 bits per heavy atom. The van der Waals surface area contributed by atoms with Crippen molar-refractivity contribution in [3.05, 3.63) is 65.9 Å². The van der Waals surface area contributed by atoms with E-state index in [-0.39, 0.29) is 28.3 Å². The summed E-state index contributed by atoms with van der Waals surface area (Å²) in [5.74, 6) is 1.94. The SMILES string of the molecule is C#Cc1c(F)ccc2cccc(-c3ncc4c(N5C[C@H]6CC[C@@H](C5)N6)nc(OCC56CCCCN5CC(=C)C6)nc4c3F)c12. The number of hydrogen-bond acceptors (Lipinski definition) is 7. The van der Waals surface area contributed by atoms with Gasteiger partial charge in [-0.15, -0.1) is 6.42 Å². The number of rotatable bonds is 5. The minimum absolute atomic E-state index is 0.0605. The van der Waals surface area contributed by atoms with E-state index in [1.807, 2.05) is 6.07 Å². The first-order valence-electron chi connectivity index (χ1n) is 15.5. The molecule has 6 heterocycles. The molecule has 2 bridgehead atoms. The number of hydrogen-bond donors (Lipinski definition) is 1. The Balaban J connectivity index is 1.26. The van der Waals surface area contributed by atoms with Crippen LogP contribution in [0.25, 0.3) is 32.9 Å². The lowest BCUT2D eigenvalue weighted by atomic mass is 9.86. The zero-order valence-corrected chi connectivity index (χ0v) is 24.6. The fourth-order valence-corrected chi connectivity index (χ4v) is 7.98. The number of aromatic nitrogens is 3. The van der Waals surface area contributed by atoms with Crippen molar-refractivity contribution in [1.29, 1.82) is 0 Å². The van der Waals surface area contributed by atoms with Crippen LogP contribution in [-0.2, 0) is 0 Å². The number of anilines is 1. The van der Waals surface area contributed by atoms with Gasteiger partial charge in [-0.2, -0.15) is 9.97 Å². The van der Waals surface area contributed by atoms with E-state index in [2.05, 4.69) is 37.6 Å². The highest BCUT2D eigenvalue weighted by atomic mass is 19.1. The number of nitrogens with zero attached hydrogens (tertiary/aromatic N) is 5. The maximum absolute atomic E-state index is 16.8. The molecule has 2 aromatic carbocycles. The second-order valence-corrected chi connectivity index (χ2v) is 12.8. The molecule has 4 aliphatic rings. The fraction of sp³-hybridized carbons (Fsp3) is 0.400. The van der Waals surface area contributed by atoms with Crippen LogP contribution in [0.15, 0.2) is 48.7 Å². The number of fused-ring (bicyclic) bond motifs is 5. The second-order valence-electron chi connectivity index (χ2n) is 12.8. The molecule has 1 unspecified atom stereocenters. The van der Waals surface area contributed by atoms with E-state index in [1.54, 1.807) is 24.4 Å².